The van der Waals surface area contributed by atoms with E-state index in [1.807, 2.05) is 0 Å². The lowest BCUT2D eigenvalue weighted by Gasteiger charge is -2.14. The van der Waals surface area contributed by atoms with E-state index in [0.717, 1.165) is 0 Å². The predicted molar refractivity (Wildman–Crippen MR) is 76.7 cm³/mol. The van der Waals surface area contributed by atoms with Crippen LogP contribution in [0, 0.1) is 0 Å². The Bertz CT molecular complexity index is 736. The highest BCUT2D eigenvalue weighted by molar-refractivity contribution is 6.31. The Morgan fingerprint density at radius 1 is 1.35 bits per heavy atom. The van der Waals surface area contributed by atoms with Gasteiger partial charge >= 0.3 is 5.97 Å². The van der Waals surface area contributed by atoms with Gasteiger partial charge in [0.05, 0.1) is 19.1 Å². The molecule has 6 heteroatoms. The Kier molecular flexibility index (Phi) is 3.99. The number of carbonyl (C=O) groups excluding carboxylic acids is 1. The molecule has 1 aromatic carbocycles. The van der Waals surface area contributed by atoms with Crippen LogP contribution in [0.3, 0.4) is 0 Å². The Morgan fingerprint density at radius 2 is 2.05 bits per heavy atom. The molecule has 1 heterocycles. The van der Waals surface area contributed by atoms with E-state index in [1.165, 1.54) is 18.7 Å². The van der Waals surface area contributed by atoms with Crippen molar-refractivity contribution in [2.75, 3.05) is 13.7 Å². The molecule has 0 unspecified atom stereocenters. The molecule has 0 amide bonds. The van der Waals surface area contributed by atoms with E-state index in [4.69, 9.17) is 21.1 Å². The summed E-state index contributed by atoms with van der Waals surface area (Å²) in [6, 6.07) is 4.85. The van der Waals surface area contributed by atoms with Gasteiger partial charge in [0, 0.05) is 17.5 Å². The summed E-state index contributed by atoms with van der Waals surface area (Å²) in [6.45, 7) is 1.91. The number of halogens is 1. The van der Waals surface area contributed by atoms with Crippen LogP contribution in [0.4, 0.5) is 0 Å². The van der Waals surface area contributed by atoms with Gasteiger partial charge in [-0.05, 0) is 25.1 Å². The van der Waals surface area contributed by atoms with Crippen molar-refractivity contribution >= 4 is 28.3 Å². The molecule has 0 aliphatic heterocycles. The van der Waals surface area contributed by atoms with E-state index < -0.39 is 5.97 Å². The lowest BCUT2D eigenvalue weighted by molar-refractivity contribution is 0.0510. The van der Waals surface area contributed by atoms with Crippen molar-refractivity contribution in [2.24, 2.45) is 7.05 Å². The smallest absolute Gasteiger partial charge is 0.358 e. The number of hydrogen-bond acceptors (Lipinski definition) is 4. The van der Waals surface area contributed by atoms with Crippen LogP contribution in [0.25, 0.3) is 10.8 Å². The molecule has 0 spiro atoms. The van der Waals surface area contributed by atoms with Crippen molar-refractivity contribution in [2.45, 2.75) is 6.92 Å². The normalized spacial score (nSPS) is 10.6. The highest BCUT2D eigenvalue weighted by Gasteiger charge is 2.22. The molecule has 2 aromatic rings. The van der Waals surface area contributed by atoms with Crippen molar-refractivity contribution in [1.29, 1.82) is 0 Å². The predicted octanol–water partition coefficient (Wildman–Crippen LogP) is 2.38. The third-order valence-corrected chi connectivity index (χ3v) is 3.22. The van der Waals surface area contributed by atoms with Crippen molar-refractivity contribution in [3.63, 3.8) is 0 Å². The van der Waals surface area contributed by atoms with E-state index in [1.54, 1.807) is 25.1 Å². The average molecular weight is 296 g/mol. The van der Waals surface area contributed by atoms with Gasteiger partial charge in [0.1, 0.15) is 0 Å². The van der Waals surface area contributed by atoms with Gasteiger partial charge in [0.15, 0.2) is 11.4 Å². The summed E-state index contributed by atoms with van der Waals surface area (Å²) in [5.74, 6) is -0.294. The number of methoxy groups -OCH3 is 1. The standard InChI is InChI=1S/C14H14ClNO4/c1-4-20-14(18)11-12(19-3)9-6-5-8(15)7-10(9)13(17)16(11)2/h5-7H,4H2,1-3H3. The van der Waals surface area contributed by atoms with E-state index >= 15 is 0 Å². The first-order valence-corrected chi connectivity index (χ1v) is 6.42. The minimum absolute atomic E-state index is 0.0918. The van der Waals surface area contributed by atoms with E-state index in [-0.39, 0.29) is 17.9 Å². The number of pyridine rings is 1. The Hall–Kier alpha value is -2.01. The molecule has 0 fully saturated rings. The Morgan fingerprint density at radius 3 is 2.65 bits per heavy atom. The number of ether oxygens (including phenoxy) is 2. The molecule has 20 heavy (non-hydrogen) atoms. The molecule has 0 radical (unpaired) electrons. The first-order valence-electron chi connectivity index (χ1n) is 6.04. The van der Waals surface area contributed by atoms with Crippen LogP contribution in [-0.4, -0.2) is 24.3 Å². The number of nitrogens with zero attached hydrogens (tertiary/aromatic N) is 1. The van der Waals surface area contributed by atoms with E-state index in [9.17, 15) is 9.59 Å². The number of rotatable bonds is 3. The van der Waals surface area contributed by atoms with Crippen LogP contribution in [0.15, 0.2) is 23.0 Å². The SMILES string of the molecule is CCOC(=O)c1c(OC)c2ccc(Cl)cc2c(=O)n1C. The highest BCUT2D eigenvalue weighted by Crippen LogP contribution is 2.29. The van der Waals surface area contributed by atoms with Crippen LogP contribution in [0.2, 0.25) is 5.02 Å². The maximum absolute atomic E-state index is 12.3. The first kappa shape index (κ1) is 14.4. The molecular formula is C14H14ClNO4. The van der Waals surface area contributed by atoms with Crippen molar-refractivity contribution in [3.8, 4) is 5.75 Å². The largest absolute Gasteiger partial charge is 0.494 e. The quantitative estimate of drug-likeness (QED) is 0.816. The molecule has 0 saturated heterocycles. The minimum Gasteiger partial charge on any atom is -0.494 e. The number of esters is 1. The number of benzene rings is 1. The van der Waals surface area contributed by atoms with Crippen LogP contribution < -0.4 is 10.3 Å². The van der Waals surface area contributed by atoms with Crippen molar-refractivity contribution in [3.05, 3.63) is 39.3 Å². The number of aromatic nitrogens is 1. The third kappa shape index (κ3) is 2.25. The van der Waals surface area contributed by atoms with E-state index in [0.29, 0.717) is 21.5 Å². The zero-order chi connectivity index (χ0) is 14.9. The molecule has 0 saturated carbocycles. The topological polar surface area (TPSA) is 57.5 Å². The maximum Gasteiger partial charge on any atom is 0.358 e. The van der Waals surface area contributed by atoms with Crippen molar-refractivity contribution < 1.29 is 14.3 Å². The molecular weight excluding hydrogens is 282 g/mol. The molecule has 5 nitrogen and oxygen atoms in total. The van der Waals surface area contributed by atoms with Gasteiger partial charge < -0.3 is 14.0 Å². The summed E-state index contributed by atoms with van der Waals surface area (Å²) < 4.78 is 11.5. The molecule has 0 aliphatic rings. The summed E-state index contributed by atoms with van der Waals surface area (Å²) in [7, 11) is 2.94. The summed E-state index contributed by atoms with van der Waals surface area (Å²) in [5.41, 5.74) is -0.236. The zero-order valence-corrected chi connectivity index (χ0v) is 12.2. The second kappa shape index (κ2) is 5.54. The Balaban J connectivity index is 2.89. The molecule has 0 atom stereocenters. The van der Waals surface area contributed by atoms with Gasteiger partial charge in [-0.25, -0.2) is 4.79 Å². The van der Waals surface area contributed by atoms with Gasteiger partial charge in [-0.3, -0.25) is 4.79 Å². The van der Waals surface area contributed by atoms with Crippen LogP contribution in [0.5, 0.6) is 5.75 Å². The fourth-order valence-corrected chi connectivity index (χ4v) is 2.26. The van der Waals surface area contributed by atoms with Gasteiger partial charge in [0.25, 0.3) is 5.56 Å². The van der Waals surface area contributed by atoms with Crippen LogP contribution in [0.1, 0.15) is 17.4 Å². The van der Waals surface area contributed by atoms with Gasteiger partial charge in [-0.15, -0.1) is 0 Å². The monoisotopic (exact) mass is 295 g/mol. The maximum atomic E-state index is 12.3. The average Bonchev–Trinajstić information content (AvgIpc) is 2.42. The number of carbonyl (C=O) groups is 1. The fraction of sp³-hybridized carbons (Fsp3) is 0.286. The van der Waals surface area contributed by atoms with Gasteiger partial charge in [-0.1, -0.05) is 11.6 Å². The third-order valence-electron chi connectivity index (χ3n) is 2.98. The minimum atomic E-state index is -0.596. The summed E-state index contributed by atoms with van der Waals surface area (Å²) in [4.78, 5) is 24.3. The molecule has 0 bridgehead atoms. The summed E-state index contributed by atoms with van der Waals surface area (Å²) in [5, 5.41) is 1.37. The summed E-state index contributed by atoms with van der Waals surface area (Å²) >= 11 is 5.91. The second-order valence-corrected chi connectivity index (χ2v) is 4.59. The number of hydrogen-bond donors (Lipinski definition) is 0. The summed E-state index contributed by atoms with van der Waals surface area (Å²) in [6.07, 6.45) is 0. The lowest BCUT2D eigenvalue weighted by Crippen LogP contribution is -2.25. The van der Waals surface area contributed by atoms with Gasteiger partial charge in [-0.2, -0.15) is 0 Å². The van der Waals surface area contributed by atoms with Crippen molar-refractivity contribution in [1.82, 2.24) is 4.57 Å². The van der Waals surface area contributed by atoms with Crippen LogP contribution >= 0.6 is 11.6 Å². The molecule has 106 valence electrons. The first-order chi connectivity index (χ1) is 9.51. The highest BCUT2D eigenvalue weighted by atomic mass is 35.5. The molecule has 0 aliphatic carbocycles. The lowest BCUT2D eigenvalue weighted by atomic mass is 10.1. The number of fused-ring (bicyclic) bond motifs is 1. The zero-order valence-electron chi connectivity index (χ0n) is 11.4. The second-order valence-electron chi connectivity index (χ2n) is 4.16. The van der Waals surface area contributed by atoms with Gasteiger partial charge in [0.2, 0.25) is 0 Å². The fourth-order valence-electron chi connectivity index (χ4n) is 2.09. The van der Waals surface area contributed by atoms with E-state index in [2.05, 4.69) is 0 Å². The van der Waals surface area contributed by atoms with Crippen LogP contribution in [-0.2, 0) is 11.8 Å². The molecule has 0 N–H and O–H groups in total. The molecule has 2 rings (SSSR count). The Labute approximate surface area is 120 Å². The molecule has 1 aromatic heterocycles.